The fraction of sp³-hybridized carbons (Fsp3) is 0.333. The summed E-state index contributed by atoms with van der Waals surface area (Å²) >= 11 is 7.54. The number of amides is 1. The van der Waals surface area contributed by atoms with Crippen LogP contribution in [0, 0.1) is 0 Å². The van der Waals surface area contributed by atoms with Gasteiger partial charge in [0.25, 0.3) is 5.91 Å². The third kappa shape index (κ3) is 3.50. The van der Waals surface area contributed by atoms with Crippen molar-refractivity contribution in [3.05, 3.63) is 44.8 Å². The number of hydrogen-bond donors (Lipinski definition) is 1. The van der Waals surface area contributed by atoms with Crippen LogP contribution in [0.25, 0.3) is 0 Å². The van der Waals surface area contributed by atoms with Crippen LogP contribution in [-0.2, 0) is 17.6 Å². The summed E-state index contributed by atoms with van der Waals surface area (Å²) in [5.41, 5.74) is 1.88. The van der Waals surface area contributed by atoms with E-state index in [1.165, 1.54) is 25.6 Å². The molecule has 0 saturated heterocycles. The van der Waals surface area contributed by atoms with Gasteiger partial charge in [-0.2, -0.15) is 0 Å². The first-order chi connectivity index (χ1) is 12.0. The van der Waals surface area contributed by atoms with Crippen LogP contribution in [-0.4, -0.2) is 26.1 Å². The van der Waals surface area contributed by atoms with Crippen LogP contribution >= 0.6 is 22.9 Å². The molecule has 1 aromatic carbocycles. The number of carbonyl (C=O) groups excluding carboxylic acids is 2. The Bertz CT molecular complexity index is 831. The third-order valence-corrected chi connectivity index (χ3v) is 5.70. The summed E-state index contributed by atoms with van der Waals surface area (Å²) < 4.78 is 10.0. The van der Waals surface area contributed by atoms with E-state index in [9.17, 15) is 9.59 Å². The van der Waals surface area contributed by atoms with Crippen molar-refractivity contribution in [3.63, 3.8) is 0 Å². The molecule has 0 saturated carbocycles. The van der Waals surface area contributed by atoms with Crippen LogP contribution in [0.5, 0.6) is 5.75 Å². The molecular formula is C18H18ClNO4S. The lowest BCUT2D eigenvalue weighted by molar-refractivity contribution is 0.0601. The smallest absolute Gasteiger partial charge is 0.341 e. The van der Waals surface area contributed by atoms with Crippen LogP contribution in [0.2, 0.25) is 5.02 Å². The van der Waals surface area contributed by atoms with Gasteiger partial charge in [-0.1, -0.05) is 11.6 Å². The number of hydrogen-bond acceptors (Lipinski definition) is 5. The number of nitrogens with one attached hydrogen (secondary N) is 1. The first-order valence-electron chi connectivity index (χ1n) is 7.93. The summed E-state index contributed by atoms with van der Waals surface area (Å²) in [6, 6.07) is 4.81. The number of esters is 1. The highest BCUT2D eigenvalue weighted by atomic mass is 35.5. The van der Waals surface area contributed by atoms with E-state index in [1.807, 2.05) is 0 Å². The zero-order valence-corrected chi connectivity index (χ0v) is 15.6. The minimum absolute atomic E-state index is 0.326. The van der Waals surface area contributed by atoms with Gasteiger partial charge in [0.2, 0.25) is 0 Å². The molecule has 1 aliphatic carbocycles. The molecule has 1 N–H and O–H groups in total. The van der Waals surface area contributed by atoms with Gasteiger partial charge in [-0.3, -0.25) is 4.79 Å². The first-order valence-corrected chi connectivity index (χ1v) is 9.12. The molecule has 0 aliphatic heterocycles. The largest absolute Gasteiger partial charge is 0.495 e. The van der Waals surface area contributed by atoms with Crippen LogP contribution in [0.15, 0.2) is 18.2 Å². The fourth-order valence-corrected chi connectivity index (χ4v) is 4.48. The van der Waals surface area contributed by atoms with Crippen LogP contribution in [0.4, 0.5) is 5.00 Å². The molecule has 1 aliphatic rings. The molecule has 0 radical (unpaired) electrons. The van der Waals surface area contributed by atoms with Gasteiger partial charge in [-0.05, 0) is 49.4 Å². The summed E-state index contributed by atoms with van der Waals surface area (Å²) in [6.07, 6.45) is 3.89. The third-order valence-electron chi connectivity index (χ3n) is 4.20. The molecule has 1 aromatic heterocycles. The lowest BCUT2D eigenvalue weighted by Crippen LogP contribution is -2.15. The number of ether oxygens (including phenoxy) is 2. The molecule has 0 fully saturated rings. The summed E-state index contributed by atoms with van der Waals surface area (Å²) in [7, 11) is 2.86. The average molecular weight is 380 g/mol. The number of fused-ring (bicyclic) bond motifs is 1. The second kappa shape index (κ2) is 7.45. The molecule has 0 spiro atoms. The standard InChI is InChI=1S/C18H18ClNO4S/c1-23-13-8-7-10(9-12(13)19)16(21)20-17-15(18(22)24-2)11-5-3-4-6-14(11)25-17/h7-9H,3-6H2,1-2H3,(H,20,21). The van der Waals surface area contributed by atoms with Gasteiger partial charge in [0, 0.05) is 10.4 Å². The molecule has 5 nitrogen and oxygen atoms in total. The van der Waals surface area contributed by atoms with Crippen molar-refractivity contribution in [2.75, 3.05) is 19.5 Å². The summed E-state index contributed by atoms with van der Waals surface area (Å²) in [5.74, 6) is -0.240. The molecule has 2 aromatic rings. The van der Waals surface area contributed by atoms with Crippen molar-refractivity contribution in [1.29, 1.82) is 0 Å². The van der Waals surface area contributed by atoms with Crippen molar-refractivity contribution in [3.8, 4) is 5.75 Å². The minimum atomic E-state index is -0.414. The van der Waals surface area contributed by atoms with Crippen molar-refractivity contribution < 1.29 is 19.1 Å². The van der Waals surface area contributed by atoms with Gasteiger partial charge in [-0.15, -0.1) is 11.3 Å². The Morgan fingerprint density at radius 3 is 2.64 bits per heavy atom. The molecule has 0 bridgehead atoms. The number of aryl methyl sites for hydroxylation is 1. The Labute approximate surface area is 154 Å². The molecule has 25 heavy (non-hydrogen) atoms. The van der Waals surface area contributed by atoms with Gasteiger partial charge in [0.1, 0.15) is 10.8 Å². The van der Waals surface area contributed by atoms with Gasteiger partial charge in [0.05, 0.1) is 24.8 Å². The van der Waals surface area contributed by atoms with Crippen LogP contribution in [0.3, 0.4) is 0 Å². The fourth-order valence-electron chi connectivity index (χ4n) is 2.95. The van der Waals surface area contributed by atoms with E-state index < -0.39 is 5.97 Å². The Morgan fingerprint density at radius 2 is 1.96 bits per heavy atom. The van der Waals surface area contributed by atoms with Gasteiger partial charge in [-0.25, -0.2) is 4.79 Å². The normalized spacial score (nSPS) is 13.1. The number of thiophene rings is 1. The van der Waals surface area contributed by atoms with Crippen molar-refractivity contribution in [2.24, 2.45) is 0 Å². The van der Waals surface area contributed by atoms with E-state index in [4.69, 9.17) is 21.1 Å². The highest BCUT2D eigenvalue weighted by Crippen LogP contribution is 2.39. The number of methoxy groups -OCH3 is 2. The van der Waals surface area contributed by atoms with Crippen LogP contribution in [0.1, 0.15) is 44.0 Å². The van der Waals surface area contributed by atoms with Gasteiger partial charge < -0.3 is 14.8 Å². The topological polar surface area (TPSA) is 64.6 Å². The van der Waals surface area contributed by atoms with E-state index in [1.54, 1.807) is 18.2 Å². The summed E-state index contributed by atoms with van der Waals surface area (Å²) in [5, 5.41) is 3.74. The maximum Gasteiger partial charge on any atom is 0.341 e. The molecule has 3 rings (SSSR count). The average Bonchev–Trinajstić information content (AvgIpc) is 2.98. The number of halogens is 1. The lowest BCUT2D eigenvalue weighted by Gasteiger charge is -2.12. The zero-order chi connectivity index (χ0) is 18.0. The predicted molar refractivity (Wildman–Crippen MR) is 98.3 cm³/mol. The Hall–Kier alpha value is -2.05. The number of benzene rings is 1. The molecule has 7 heteroatoms. The monoisotopic (exact) mass is 379 g/mol. The quantitative estimate of drug-likeness (QED) is 0.803. The Balaban J connectivity index is 1.92. The second-order valence-electron chi connectivity index (χ2n) is 5.71. The predicted octanol–water partition coefficient (Wildman–Crippen LogP) is 4.33. The van der Waals surface area contributed by atoms with E-state index >= 15 is 0 Å². The summed E-state index contributed by atoms with van der Waals surface area (Å²) in [4.78, 5) is 26.0. The molecule has 0 unspecified atom stereocenters. The molecule has 1 heterocycles. The maximum absolute atomic E-state index is 12.6. The minimum Gasteiger partial charge on any atom is -0.495 e. The molecule has 132 valence electrons. The van der Waals surface area contributed by atoms with Gasteiger partial charge >= 0.3 is 5.97 Å². The Kier molecular flexibility index (Phi) is 5.30. The number of anilines is 1. The van der Waals surface area contributed by atoms with Crippen molar-refractivity contribution in [2.45, 2.75) is 25.7 Å². The molecule has 0 atom stereocenters. The number of rotatable bonds is 4. The van der Waals surface area contributed by atoms with Crippen molar-refractivity contribution >= 4 is 39.8 Å². The van der Waals surface area contributed by atoms with E-state index in [2.05, 4.69) is 5.32 Å². The van der Waals surface area contributed by atoms with E-state index in [0.717, 1.165) is 36.1 Å². The summed E-state index contributed by atoms with van der Waals surface area (Å²) in [6.45, 7) is 0. The van der Waals surface area contributed by atoms with E-state index in [-0.39, 0.29) is 5.91 Å². The first kappa shape index (κ1) is 17.8. The highest BCUT2D eigenvalue weighted by Gasteiger charge is 2.27. The number of carbonyl (C=O) groups is 2. The molecule has 1 amide bonds. The highest BCUT2D eigenvalue weighted by molar-refractivity contribution is 7.17. The maximum atomic E-state index is 12.6. The van der Waals surface area contributed by atoms with E-state index in [0.29, 0.717) is 26.9 Å². The second-order valence-corrected chi connectivity index (χ2v) is 7.22. The lowest BCUT2D eigenvalue weighted by atomic mass is 9.95. The Morgan fingerprint density at radius 1 is 1.20 bits per heavy atom. The van der Waals surface area contributed by atoms with Gasteiger partial charge in [0.15, 0.2) is 0 Å². The SMILES string of the molecule is COC(=O)c1c(NC(=O)c2ccc(OC)c(Cl)c2)sc2c1CCCC2. The van der Waals surface area contributed by atoms with Crippen molar-refractivity contribution in [1.82, 2.24) is 0 Å². The zero-order valence-electron chi connectivity index (χ0n) is 14.0. The van der Waals surface area contributed by atoms with Crippen LogP contribution < -0.4 is 10.1 Å². The molecular weight excluding hydrogens is 362 g/mol.